The van der Waals surface area contributed by atoms with E-state index in [2.05, 4.69) is 29.4 Å². The monoisotopic (exact) mass is 311 g/mol. The first-order valence-corrected chi connectivity index (χ1v) is 5.73. The summed E-state index contributed by atoms with van der Waals surface area (Å²) in [6.45, 7) is 0. The maximum absolute atomic E-state index is 13.8. The van der Waals surface area contributed by atoms with Gasteiger partial charge in [-0.25, -0.2) is 22.8 Å². The first-order valence-electron chi connectivity index (χ1n) is 5.73. The molecule has 22 heavy (non-hydrogen) atoms. The van der Waals surface area contributed by atoms with E-state index < -0.39 is 23.1 Å². The molecular weight excluding hydrogens is 304 g/mol. The summed E-state index contributed by atoms with van der Waals surface area (Å²) in [5.74, 6) is -3.99. The van der Waals surface area contributed by atoms with Crippen molar-refractivity contribution in [3.8, 4) is 23.0 Å². The predicted molar refractivity (Wildman–Crippen MR) is 66.3 cm³/mol. The van der Waals surface area contributed by atoms with Crippen molar-refractivity contribution in [3.63, 3.8) is 0 Å². The molecule has 0 radical (unpaired) electrons. The molecule has 3 aromatic rings. The van der Waals surface area contributed by atoms with E-state index in [4.69, 9.17) is 5.73 Å². The Bertz CT molecular complexity index is 877. The van der Waals surface area contributed by atoms with Crippen LogP contribution in [0, 0.1) is 11.6 Å². The summed E-state index contributed by atoms with van der Waals surface area (Å²) in [6.07, 6.45) is 0. The lowest BCUT2D eigenvalue weighted by molar-refractivity contribution is 0.310. The molecule has 2 heterocycles. The van der Waals surface area contributed by atoms with Crippen molar-refractivity contribution < 1.29 is 22.7 Å². The van der Waals surface area contributed by atoms with Gasteiger partial charge in [0.15, 0.2) is 28.9 Å². The summed E-state index contributed by atoms with van der Waals surface area (Å²) in [7, 11) is 1.11. The molecule has 0 atom stereocenters. The second-order valence-electron chi connectivity index (χ2n) is 4.05. The topological polar surface area (TPSA) is 122 Å². The highest BCUT2D eigenvalue weighted by Crippen LogP contribution is 2.27. The quantitative estimate of drug-likeness (QED) is 0.751. The SMILES string of the molecule is COc1c(F)cc(-n2c(-c3nonc3N)noc2=O)cc1F. The minimum absolute atomic E-state index is 0.109. The van der Waals surface area contributed by atoms with Gasteiger partial charge in [0.05, 0.1) is 12.8 Å². The molecule has 1 aromatic carbocycles. The largest absolute Gasteiger partial charge is 0.491 e. The second kappa shape index (κ2) is 4.95. The van der Waals surface area contributed by atoms with Gasteiger partial charge in [-0.15, -0.1) is 0 Å². The van der Waals surface area contributed by atoms with Crippen LogP contribution in [-0.2, 0) is 0 Å². The molecule has 114 valence electrons. The molecule has 0 unspecified atom stereocenters. The van der Waals surface area contributed by atoms with Gasteiger partial charge in [0, 0.05) is 12.1 Å². The summed E-state index contributed by atoms with van der Waals surface area (Å²) >= 11 is 0. The van der Waals surface area contributed by atoms with Crippen molar-refractivity contribution in [1.29, 1.82) is 0 Å². The lowest BCUT2D eigenvalue weighted by Gasteiger charge is -2.07. The first kappa shape index (κ1) is 13.7. The molecule has 9 nitrogen and oxygen atoms in total. The van der Waals surface area contributed by atoms with Gasteiger partial charge in [0.25, 0.3) is 0 Å². The van der Waals surface area contributed by atoms with Crippen LogP contribution in [0.25, 0.3) is 17.2 Å². The van der Waals surface area contributed by atoms with Crippen molar-refractivity contribution in [2.45, 2.75) is 0 Å². The number of anilines is 1. The van der Waals surface area contributed by atoms with Crippen molar-refractivity contribution in [2.24, 2.45) is 0 Å². The van der Waals surface area contributed by atoms with E-state index in [-0.39, 0.29) is 23.0 Å². The number of benzene rings is 1. The smallest absolute Gasteiger partial charge is 0.446 e. The Balaban J connectivity index is 2.24. The minimum Gasteiger partial charge on any atom is -0.491 e. The van der Waals surface area contributed by atoms with Gasteiger partial charge in [-0.2, -0.15) is 0 Å². The fourth-order valence-electron chi connectivity index (χ4n) is 1.85. The number of ether oxygens (including phenoxy) is 1. The van der Waals surface area contributed by atoms with Crippen molar-refractivity contribution in [1.82, 2.24) is 20.0 Å². The van der Waals surface area contributed by atoms with Gasteiger partial charge in [0.2, 0.25) is 5.82 Å². The van der Waals surface area contributed by atoms with Crippen molar-refractivity contribution >= 4 is 5.82 Å². The normalized spacial score (nSPS) is 10.9. The molecule has 2 N–H and O–H groups in total. The fraction of sp³-hybridized carbons (Fsp3) is 0.0909. The average molecular weight is 311 g/mol. The van der Waals surface area contributed by atoms with Crippen molar-refractivity contribution in [3.05, 3.63) is 34.3 Å². The summed E-state index contributed by atoms with van der Waals surface area (Å²) in [5, 5.41) is 10.2. The summed E-state index contributed by atoms with van der Waals surface area (Å²) in [6, 6.07) is 1.74. The summed E-state index contributed by atoms with van der Waals surface area (Å²) < 4.78 is 41.8. The lowest BCUT2D eigenvalue weighted by atomic mass is 10.2. The third kappa shape index (κ3) is 1.99. The number of aromatic nitrogens is 4. The third-order valence-electron chi connectivity index (χ3n) is 2.78. The predicted octanol–water partition coefficient (Wildman–Crippen LogP) is 0.744. The molecule has 0 saturated carbocycles. The molecule has 3 rings (SSSR count). The van der Waals surface area contributed by atoms with E-state index in [1.54, 1.807) is 0 Å². The minimum atomic E-state index is -1.01. The maximum Gasteiger partial charge on any atom is 0.446 e. The van der Waals surface area contributed by atoms with Crippen LogP contribution in [0.1, 0.15) is 0 Å². The van der Waals surface area contributed by atoms with Gasteiger partial charge in [-0.3, -0.25) is 4.52 Å². The highest BCUT2D eigenvalue weighted by atomic mass is 19.1. The molecule has 11 heteroatoms. The van der Waals surface area contributed by atoms with Gasteiger partial charge < -0.3 is 10.5 Å². The van der Waals surface area contributed by atoms with Crippen LogP contribution < -0.4 is 16.2 Å². The van der Waals surface area contributed by atoms with Crippen LogP contribution in [0.5, 0.6) is 5.75 Å². The molecule has 0 amide bonds. The molecule has 0 fully saturated rings. The third-order valence-corrected chi connectivity index (χ3v) is 2.78. The number of nitrogen functional groups attached to an aromatic ring is 1. The molecule has 0 aliphatic heterocycles. The molecule has 0 bridgehead atoms. The Morgan fingerprint density at radius 1 is 1.23 bits per heavy atom. The highest BCUT2D eigenvalue weighted by molar-refractivity contribution is 5.64. The van der Waals surface area contributed by atoms with Crippen LogP contribution >= 0.6 is 0 Å². The van der Waals surface area contributed by atoms with Crippen LogP contribution in [-0.4, -0.2) is 27.1 Å². The number of halogens is 2. The Labute approximate surface area is 119 Å². The van der Waals surface area contributed by atoms with Gasteiger partial charge in [-0.1, -0.05) is 5.16 Å². The number of nitrogens with zero attached hydrogens (tertiary/aromatic N) is 4. The van der Waals surface area contributed by atoms with E-state index in [0.717, 1.165) is 23.8 Å². The van der Waals surface area contributed by atoms with E-state index in [9.17, 15) is 13.6 Å². The van der Waals surface area contributed by atoms with E-state index in [1.807, 2.05) is 0 Å². The molecule has 0 aliphatic carbocycles. The number of rotatable bonds is 3. The molecular formula is C11H7F2N5O4. The fourth-order valence-corrected chi connectivity index (χ4v) is 1.85. The van der Waals surface area contributed by atoms with Gasteiger partial charge in [0.1, 0.15) is 0 Å². The molecule has 0 saturated heterocycles. The molecule has 0 aliphatic rings. The number of hydrogen-bond acceptors (Lipinski definition) is 8. The van der Waals surface area contributed by atoms with Crippen molar-refractivity contribution in [2.75, 3.05) is 12.8 Å². The molecule has 2 aromatic heterocycles. The number of hydrogen-bond donors (Lipinski definition) is 1. The Morgan fingerprint density at radius 2 is 1.91 bits per heavy atom. The Hall–Kier alpha value is -3.24. The lowest BCUT2D eigenvalue weighted by Crippen LogP contribution is -2.14. The second-order valence-corrected chi connectivity index (χ2v) is 4.05. The summed E-state index contributed by atoms with van der Waals surface area (Å²) in [4.78, 5) is 11.8. The summed E-state index contributed by atoms with van der Waals surface area (Å²) in [5.41, 5.74) is 5.20. The van der Waals surface area contributed by atoms with E-state index >= 15 is 0 Å². The average Bonchev–Trinajstić information content (AvgIpc) is 3.04. The zero-order valence-electron chi connectivity index (χ0n) is 10.9. The standard InChI is InChI=1S/C11H7F2N5O4/c1-20-8-5(12)2-4(3-6(8)13)18-10(17-21-11(18)19)7-9(14)16-22-15-7/h2-3H,1H3,(H2,14,16). The Morgan fingerprint density at radius 3 is 2.45 bits per heavy atom. The van der Waals surface area contributed by atoms with Crippen LogP contribution in [0.3, 0.4) is 0 Å². The van der Waals surface area contributed by atoms with Crippen LogP contribution in [0.4, 0.5) is 14.6 Å². The van der Waals surface area contributed by atoms with E-state index in [0.29, 0.717) is 0 Å². The first-order chi connectivity index (χ1) is 10.5. The number of methoxy groups -OCH3 is 1. The van der Waals surface area contributed by atoms with Crippen LogP contribution in [0.2, 0.25) is 0 Å². The Kier molecular flexibility index (Phi) is 3.09. The molecule has 0 spiro atoms. The zero-order chi connectivity index (χ0) is 15.9. The number of nitrogens with two attached hydrogens (primary N) is 1. The van der Waals surface area contributed by atoms with Gasteiger partial charge in [-0.05, 0) is 10.3 Å². The van der Waals surface area contributed by atoms with Gasteiger partial charge >= 0.3 is 5.76 Å². The van der Waals surface area contributed by atoms with Crippen LogP contribution in [0.15, 0.2) is 26.1 Å². The highest BCUT2D eigenvalue weighted by Gasteiger charge is 2.23. The van der Waals surface area contributed by atoms with E-state index in [1.165, 1.54) is 0 Å². The maximum atomic E-state index is 13.8. The zero-order valence-corrected chi connectivity index (χ0v) is 10.9.